The van der Waals surface area contributed by atoms with Gasteiger partial charge in [0.1, 0.15) is 11.6 Å². The second-order valence-electron chi connectivity index (χ2n) is 10.5. The van der Waals surface area contributed by atoms with Crippen LogP contribution in [-0.2, 0) is 32.7 Å². The van der Waals surface area contributed by atoms with E-state index in [1.807, 2.05) is 31.4 Å². The zero-order chi connectivity index (χ0) is 26.1. The number of thiophene rings is 1. The highest BCUT2D eigenvalue weighted by Gasteiger charge is 2.65. The summed E-state index contributed by atoms with van der Waals surface area (Å²) in [6.07, 6.45) is 3.30. The van der Waals surface area contributed by atoms with Crippen molar-refractivity contribution in [3.05, 3.63) is 70.7 Å². The zero-order valence-electron chi connectivity index (χ0n) is 20.8. The SMILES string of the molecule is C=CCN(CC(=O)N(Cc1ccc(F)cc1)Cc1cccs1)S(=O)(=O)CC12CCC(CC1=O)C2(C)C. The second kappa shape index (κ2) is 10.2. The minimum Gasteiger partial charge on any atom is -0.332 e. The number of ketones is 1. The molecule has 2 aromatic rings. The van der Waals surface area contributed by atoms with Crippen molar-refractivity contribution in [1.29, 1.82) is 0 Å². The van der Waals surface area contributed by atoms with Gasteiger partial charge in [0.05, 0.1) is 18.8 Å². The molecule has 1 amide bonds. The highest BCUT2D eigenvalue weighted by Crippen LogP contribution is 2.64. The molecule has 1 heterocycles. The minimum absolute atomic E-state index is 0.0211. The van der Waals surface area contributed by atoms with Crippen LogP contribution in [0.2, 0.25) is 0 Å². The monoisotopic (exact) mass is 532 g/mol. The van der Waals surface area contributed by atoms with Crippen LogP contribution >= 0.6 is 11.3 Å². The van der Waals surface area contributed by atoms with Crippen molar-refractivity contribution in [3.8, 4) is 0 Å². The molecule has 1 aromatic carbocycles. The molecule has 2 saturated carbocycles. The fourth-order valence-electron chi connectivity index (χ4n) is 5.82. The average molecular weight is 533 g/mol. The first-order valence-corrected chi connectivity index (χ1v) is 14.6. The Morgan fingerprint density at radius 1 is 1.22 bits per heavy atom. The van der Waals surface area contributed by atoms with Crippen molar-refractivity contribution in [2.75, 3.05) is 18.8 Å². The van der Waals surface area contributed by atoms with E-state index in [2.05, 4.69) is 6.58 Å². The summed E-state index contributed by atoms with van der Waals surface area (Å²) >= 11 is 1.51. The Labute approximate surface area is 216 Å². The quantitative estimate of drug-likeness (QED) is 0.396. The van der Waals surface area contributed by atoms with Gasteiger partial charge in [-0.25, -0.2) is 12.8 Å². The van der Waals surface area contributed by atoms with Gasteiger partial charge in [-0.15, -0.1) is 17.9 Å². The first-order valence-electron chi connectivity index (χ1n) is 12.1. The number of sulfonamides is 1. The summed E-state index contributed by atoms with van der Waals surface area (Å²) in [6.45, 7) is 7.85. The van der Waals surface area contributed by atoms with Gasteiger partial charge in [0.25, 0.3) is 0 Å². The number of rotatable bonds is 11. The molecule has 194 valence electrons. The maximum Gasteiger partial charge on any atom is 0.238 e. The lowest BCUT2D eigenvalue weighted by Crippen LogP contribution is -2.49. The first kappa shape index (κ1) is 26.7. The Kier molecular flexibility index (Phi) is 7.55. The van der Waals surface area contributed by atoms with Crippen LogP contribution in [0.3, 0.4) is 0 Å². The van der Waals surface area contributed by atoms with Gasteiger partial charge in [-0.2, -0.15) is 4.31 Å². The van der Waals surface area contributed by atoms with Crippen LogP contribution in [0.5, 0.6) is 0 Å². The largest absolute Gasteiger partial charge is 0.332 e. The molecule has 2 atom stereocenters. The van der Waals surface area contributed by atoms with Crippen LogP contribution in [0.25, 0.3) is 0 Å². The topological polar surface area (TPSA) is 74.8 Å². The van der Waals surface area contributed by atoms with Gasteiger partial charge in [0.2, 0.25) is 15.9 Å². The maximum absolute atomic E-state index is 13.7. The van der Waals surface area contributed by atoms with Gasteiger partial charge in [-0.05, 0) is 53.3 Å². The van der Waals surface area contributed by atoms with Gasteiger partial charge in [-0.1, -0.05) is 38.1 Å². The van der Waals surface area contributed by atoms with E-state index in [1.54, 1.807) is 17.0 Å². The van der Waals surface area contributed by atoms with E-state index in [0.29, 0.717) is 19.4 Å². The van der Waals surface area contributed by atoms with Gasteiger partial charge < -0.3 is 4.90 Å². The molecule has 0 aliphatic heterocycles. The van der Waals surface area contributed by atoms with E-state index in [9.17, 15) is 22.4 Å². The fourth-order valence-corrected chi connectivity index (χ4v) is 8.66. The van der Waals surface area contributed by atoms with Crippen molar-refractivity contribution < 1.29 is 22.4 Å². The van der Waals surface area contributed by atoms with Gasteiger partial charge in [-0.3, -0.25) is 9.59 Å². The summed E-state index contributed by atoms with van der Waals surface area (Å²) in [6, 6.07) is 9.72. The van der Waals surface area contributed by atoms with Crippen molar-refractivity contribution in [2.45, 2.75) is 46.2 Å². The highest BCUT2D eigenvalue weighted by atomic mass is 32.2. The Balaban J connectivity index is 1.56. The van der Waals surface area contributed by atoms with E-state index in [1.165, 1.54) is 29.5 Å². The highest BCUT2D eigenvalue weighted by molar-refractivity contribution is 7.89. The number of fused-ring (bicyclic) bond motifs is 2. The molecule has 0 spiro atoms. The third kappa shape index (κ3) is 5.06. The molecule has 1 aromatic heterocycles. The number of carbonyl (C=O) groups excluding carboxylic acids is 2. The molecule has 2 fully saturated rings. The first-order chi connectivity index (χ1) is 17.0. The van der Waals surface area contributed by atoms with Crippen LogP contribution in [0, 0.1) is 22.6 Å². The molecule has 2 bridgehead atoms. The number of hydrogen-bond acceptors (Lipinski definition) is 5. The number of Topliss-reactive ketones (excluding diaryl/α,β-unsaturated/α-hetero) is 1. The van der Waals surface area contributed by atoms with Gasteiger partial charge >= 0.3 is 0 Å². The lowest BCUT2D eigenvalue weighted by atomic mass is 9.70. The average Bonchev–Trinajstić information content (AvgIpc) is 3.46. The Hall–Kier alpha value is -2.36. The van der Waals surface area contributed by atoms with Crippen LogP contribution in [-0.4, -0.2) is 48.2 Å². The molecule has 4 rings (SSSR count). The third-order valence-corrected chi connectivity index (χ3v) is 11.0. The van der Waals surface area contributed by atoms with E-state index in [-0.39, 0.29) is 48.8 Å². The number of carbonyl (C=O) groups is 2. The molecule has 0 saturated heterocycles. The van der Waals surface area contributed by atoms with Gasteiger partial charge in [0, 0.05) is 29.8 Å². The lowest BCUT2D eigenvalue weighted by Gasteiger charge is -2.37. The maximum atomic E-state index is 13.7. The summed E-state index contributed by atoms with van der Waals surface area (Å²) < 4.78 is 41.9. The summed E-state index contributed by atoms with van der Waals surface area (Å²) in [7, 11) is -3.94. The third-order valence-electron chi connectivity index (χ3n) is 8.17. The number of nitrogens with zero attached hydrogens (tertiary/aromatic N) is 2. The van der Waals surface area contributed by atoms with Crippen molar-refractivity contribution in [2.24, 2.45) is 16.7 Å². The summed E-state index contributed by atoms with van der Waals surface area (Å²) in [5.74, 6) is -0.792. The normalized spacial score (nSPS) is 22.8. The lowest BCUT2D eigenvalue weighted by molar-refractivity contribution is -0.132. The zero-order valence-corrected chi connectivity index (χ0v) is 22.4. The van der Waals surface area contributed by atoms with Crippen LogP contribution in [0.1, 0.15) is 43.6 Å². The Morgan fingerprint density at radius 2 is 1.94 bits per heavy atom. The standard InChI is InChI=1S/C27H33FN2O4S2/c1-4-13-30(36(33,34)19-27-12-11-21(15-24(27)31)26(27,2)3)18-25(32)29(17-23-6-5-14-35-23)16-20-7-9-22(28)10-8-20/h4-10,14,21H,1,11-13,15-19H2,2-3H3. The fraction of sp³-hybridized carbons (Fsp3) is 0.481. The van der Waals surface area contributed by atoms with E-state index >= 15 is 0 Å². The molecule has 2 unspecified atom stereocenters. The van der Waals surface area contributed by atoms with E-state index < -0.39 is 20.9 Å². The molecule has 0 radical (unpaired) electrons. The smallest absolute Gasteiger partial charge is 0.238 e. The van der Waals surface area contributed by atoms with Crippen LogP contribution in [0.15, 0.2) is 54.4 Å². The predicted octanol–water partition coefficient (Wildman–Crippen LogP) is 4.63. The number of benzene rings is 1. The number of halogens is 1. The minimum atomic E-state index is -3.94. The van der Waals surface area contributed by atoms with Crippen molar-refractivity contribution in [3.63, 3.8) is 0 Å². The number of hydrogen-bond donors (Lipinski definition) is 0. The van der Waals surface area contributed by atoms with Crippen molar-refractivity contribution >= 4 is 33.1 Å². The predicted molar refractivity (Wildman–Crippen MR) is 139 cm³/mol. The van der Waals surface area contributed by atoms with E-state index in [4.69, 9.17) is 0 Å². The van der Waals surface area contributed by atoms with Crippen molar-refractivity contribution in [1.82, 2.24) is 9.21 Å². The van der Waals surface area contributed by atoms with Crippen LogP contribution in [0.4, 0.5) is 4.39 Å². The molecule has 0 N–H and O–H groups in total. The summed E-state index contributed by atoms with van der Waals surface area (Å²) in [4.78, 5) is 29.0. The van der Waals surface area contributed by atoms with Crippen LogP contribution < -0.4 is 0 Å². The molecule has 9 heteroatoms. The Morgan fingerprint density at radius 3 is 2.50 bits per heavy atom. The molecular weight excluding hydrogens is 499 g/mol. The van der Waals surface area contributed by atoms with E-state index in [0.717, 1.165) is 21.2 Å². The van der Waals surface area contributed by atoms with Gasteiger partial charge in [0.15, 0.2) is 0 Å². The molecule has 2 aliphatic carbocycles. The second-order valence-corrected chi connectivity index (χ2v) is 13.5. The molecule has 36 heavy (non-hydrogen) atoms. The molecular formula is C27H33FN2O4S2. The molecule has 2 aliphatic rings. The number of amides is 1. The summed E-state index contributed by atoms with van der Waals surface area (Å²) in [5.41, 5.74) is -0.563. The summed E-state index contributed by atoms with van der Waals surface area (Å²) in [5, 5.41) is 1.92. The molecule has 6 nitrogen and oxygen atoms in total. The Bertz CT molecular complexity index is 1220.